The molecule has 1 aliphatic rings. The zero-order valence-corrected chi connectivity index (χ0v) is 12.0. The van der Waals surface area contributed by atoms with Crippen molar-refractivity contribution in [1.29, 1.82) is 0 Å². The summed E-state index contributed by atoms with van der Waals surface area (Å²) in [6, 6.07) is 0. The topological polar surface area (TPSA) is 58.9 Å². The lowest BCUT2D eigenvalue weighted by Gasteiger charge is -2.27. The highest BCUT2D eigenvalue weighted by atomic mass is 32.1. The minimum atomic E-state index is -4.46. The highest BCUT2D eigenvalue weighted by molar-refractivity contribution is 7.13. The smallest absolute Gasteiger partial charge is 0.339 e. The van der Waals surface area contributed by atoms with Crippen LogP contribution in [0.15, 0.2) is 5.38 Å². The van der Waals surface area contributed by atoms with E-state index >= 15 is 0 Å². The Kier molecular flexibility index (Phi) is 3.57. The molecule has 2 aromatic rings. The summed E-state index contributed by atoms with van der Waals surface area (Å²) in [5.41, 5.74) is 0.917. The average Bonchev–Trinajstić information content (AvgIpc) is 3.03. The number of hydrogen-bond donors (Lipinski definition) is 1. The molecule has 114 valence electrons. The van der Waals surface area contributed by atoms with Gasteiger partial charge < -0.3 is 14.8 Å². The second kappa shape index (κ2) is 5.26. The van der Waals surface area contributed by atoms with Crippen molar-refractivity contribution in [1.82, 2.24) is 25.1 Å². The standard InChI is InChI=1S/C11H13F3N6S/c1-15-4-7-6-21-10(16-7)19-2-3-20-8(5-19)17-18-9(20)11(12,13)14/h6,15H,2-5H2,1H3. The molecule has 0 saturated heterocycles. The Morgan fingerprint density at radius 3 is 2.86 bits per heavy atom. The van der Waals surface area contributed by atoms with E-state index in [0.717, 1.165) is 15.4 Å². The predicted molar refractivity (Wildman–Crippen MR) is 71.0 cm³/mol. The summed E-state index contributed by atoms with van der Waals surface area (Å²) >= 11 is 1.48. The number of halogens is 3. The monoisotopic (exact) mass is 318 g/mol. The fourth-order valence-electron chi connectivity index (χ4n) is 2.23. The summed E-state index contributed by atoms with van der Waals surface area (Å²) in [5.74, 6) is -0.605. The summed E-state index contributed by atoms with van der Waals surface area (Å²) < 4.78 is 39.4. The molecule has 0 amide bonds. The molecule has 0 aliphatic carbocycles. The van der Waals surface area contributed by atoms with Gasteiger partial charge in [0.1, 0.15) is 0 Å². The molecule has 0 aromatic carbocycles. The minimum absolute atomic E-state index is 0.206. The van der Waals surface area contributed by atoms with Crippen molar-refractivity contribution in [3.63, 3.8) is 0 Å². The van der Waals surface area contributed by atoms with E-state index in [4.69, 9.17) is 0 Å². The molecule has 2 aromatic heterocycles. The zero-order chi connectivity index (χ0) is 15.0. The number of nitrogens with zero attached hydrogens (tertiary/aromatic N) is 5. The van der Waals surface area contributed by atoms with E-state index in [9.17, 15) is 13.2 Å². The van der Waals surface area contributed by atoms with Gasteiger partial charge in [-0.1, -0.05) is 0 Å². The molecule has 0 spiro atoms. The number of rotatable bonds is 3. The van der Waals surface area contributed by atoms with Gasteiger partial charge in [-0.2, -0.15) is 13.2 Å². The quantitative estimate of drug-likeness (QED) is 0.929. The number of nitrogens with one attached hydrogen (secondary N) is 1. The largest absolute Gasteiger partial charge is 0.451 e. The fraction of sp³-hybridized carbons (Fsp3) is 0.545. The van der Waals surface area contributed by atoms with Gasteiger partial charge in [0, 0.05) is 25.0 Å². The molecule has 10 heteroatoms. The van der Waals surface area contributed by atoms with Gasteiger partial charge in [-0.15, -0.1) is 21.5 Å². The number of anilines is 1. The van der Waals surface area contributed by atoms with E-state index in [1.165, 1.54) is 11.3 Å². The maximum Gasteiger partial charge on any atom is 0.451 e. The lowest BCUT2D eigenvalue weighted by Crippen LogP contribution is -2.35. The van der Waals surface area contributed by atoms with E-state index in [1.807, 2.05) is 17.3 Å². The minimum Gasteiger partial charge on any atom is -0.339 e. The van der Waals surface area contributed by atoms with Crippen LogP contribution >= 0.6 is 11.3 Å². The van der Waals surface area contributed by atoms with Crippen LogP contribution in [0.1, 0.15) is 17.3 Å². The van der Waals surface area contributed by atoms with Gasteiger partial charge in [0.05, 0.1) is 12.2 Å². The number of aromatic nitrogens is 4. The van der Waals surface area contributed by atoms with Crippen LogP contribution < -0.4 is 10.2 Å². The summed E-state index contributed by atoms with van der Waals surface area (Å²) in [6.45, 7) is 1.62. The first-order valence-electron chi connectivity index (χ1n) is 6.32. The maximum absolute atomic E-state index is 12.8. The van der Waals surface area contributed by atoms with Gasteiger partial charge in [-0.3, -0.25) is 0 Å². The number of fused-ring (bicyclic) bond motifs is 1. The van der Waals surface area contributed by atoms with Crippen LogP contribution in [0, 0.1) is 0 Å². The molecule has 0 unspecified atom stereocenters. The lowest BCUT2D eigenvalue weighted by atomic mass is 10.3. The van der Waals surface area contributed by atoms with E-state index in [-0.39, 0.29) is 13.1 Å². The van der Waals surface area contributed by atoms with Crippen molar-refractivity contribution in [2.75, 3.05) is 18.5 Å². The third-order valence-corrected chi connectivity index (χ3v) is 4.13. The van der Waals surface area contributed by atoms with Crippen LogP contribution in [-0.4, -0.2) is 33.3 Å². The van der Waals surface area contributed by atoms with Crippen LogP contribution in [0.2, 0.25) is 0 Å². The fourth-order valence-corrected chi connectivity index (χ4v) is 3.09. The molecule has 0 bridgehead atoms. The molecule has 6 nitrogen and oxygen atoms in total. The first-order chi connectivity index (χ1) is 9.99. The van der Waals surface area contributed by atoms with Crippen molar-refractivity contribution in [3.05, 3.63) is 22.7 Å². The SMILES string of the molecule is CNCc1csc(N2CCn3c(nnc3C(F)(F)F)C2)n1. The van der Waals surface area contributed by atoms with Gasteiger partial charge in [0.15, 0.2) is 11.0 Å². The molecule has 21 heavy (non-hydrogen) atoms. The van der Waals surface area contributed by atoms with Crippen molar-refractivity contribution in [2.24, 2.45) is 0 Å². The molecule has 3 rings (SSSR count). The first kappa shape index (κ1) is 14.3. The van der Waals surface area contributed by atoms with Crippen molar-refractivity contribution in [3.8, 4) is 0 Å². The Labute approximate surface area is 122 Å². The van der Waals surface area contributed by atoms with Gasteiger partial charge in [0.25, 0.3) is 0 Å². The molecular formula is C11H13F3N6S. The average molecular weight is 318 g/mol. The van der Waals surface area contributed by atoms with E-state index in [1.54, 1.807) is 0 Å². The first-order valence-corrected chi connectivity index (χ1v) is 7.20. The van der Waals surface area contributed by atoms with Crippen LogP contribution in [0.4, 0.5) is 18.3 Å². The summed E-state index contributed by atoms with van der Waals surface area (Å²) in [6.07, 6.45) is -4.46. The second-order valence-corrected chi connectivity index (χ2v) is 5.50. The van der Waals surface area contributed by atoms with Crippen molar-refractivity contribution >= 4 is 16.5 Å². The van der Waals surface area contributed by atoms with E-state index in [2.05, 4.69) is 20.5 Å². The zero-order valence-electron chi connectivity index (χ0n) is 11.2. The van der Waals surface area contributed by atoms with E-state index in [0.29, 0.717) is 18.9 Å². The number of thiazole rings is 1. The van der Waals surface area contributed by atoms with Crippen molar-refractivity contribution < 1.29 is 13.2 Å². The summed E-state index contributed by atoms with van der Waals surface area (Å²) in [7, 11) is 1.83. The van der Waals surface area contributed by atoms with Crippen LogP contribution in [0.25, 0.3) is 0 Å². The molecule has 0 radical (unpaired) electrons. The predicted octanol–water partition coefficient (Wildman–Crippen LogP) is 1.49. The van der Waals surface area contributed by atoms with E-state index < -0.39 is 12.0 Å². The Balaban J connectivity index is 1.80. The Morgan fingerprint density at radius 2 is 2.14 bits per heavy atom. The molecule has 0 saturated carbocycles. The summed E-state index contributed by atoms with van der Waals surface area (Å²) in [4.78, 5) is 6.38. The van der Waals surface area contributed by atoms with Gasteiger partial charge in [-0.05, 0) is 7.05 Å². The second-order valence-electron chi connectivity index (χ2n) is 4.66. The van der Waals surface area contributed by atoms with Crippen LogP contribution in [0.3, 0.4) is 0 Å². The Morgan fingerprint density at radius 1 is 1.33 bits per heavy atom. The molecule has 1 N–H and O–H groups in total. The van der Waals surface area contributed by atoms with Gasteiger partial charge in [0.2, 0.25) is 5.82 Å². The summed E-state index contributed by atoms with van der Waals surface area (Å²) in [5, 5.41) is 12.7. The Hall–Kier alpha value is -1.68. The Bertz CT molecular complexity index is 634. The molecule has 0 fully saturated rings. The van der Waals surface area contributed by atoms with Gasteiger partial charge in [-0.25, -0.2) is 4.98 Å². The van der Waals surface area contributed by atoms with Gasteiger partial charge >= 0.3 is 6.18 Å². The number of hydrogen-bond acceptors (Lipinski definition) is 6. The third kappa shape index (κ3) is 2.72. The van der Waals surface area contributed by atoms with Crippen LogP contribution in [0.5, 0.6) is 0 Å². The molecular weight excluding hydrogens is 305 g/mol. The lowest BCUT2D eigenvalue weighted by molar-refractivity contribution is -0.147. The number of alkyl halides is 3. The van der Waals surface area contributed by atoms with Crippen molar-refractivity contribution in [2.45, 2.75) is 25.8 Å². The highest BCUT2D eigenvalue weighted by Crippen LogP contribution is 2.31. The molecule has 1 aliphatic heterocycles. The molecule has 0 atom stereocenters. The molecule has 3 heterocycles. The normalized spacial score (nSPS) is 15.3. The van der Waals surface area contributed by atoms with Crippen LogP contribution in [-0.2, 0) is 25.8 Å². The third-order valence-electron chi connectivity index (χ3n) is 3.17. The highest BCUT2D eigenvalue weighted by Gasteiger charge is 2.39. The maximum atomic E-state index is 12.8.